The van der Waals surface area contributed by atoms with Crippen molar-refractivity contribution in [2.24, 2.45) is 0 Å². The summed E-state index contributed by atoms with van der Waals surface area (Å²) in [6, 6.07) is 7.12. The first-order chi connectivity index (χ1) is 15.3. The third kappa shape index (κ3) is 7.82. The topological polar surface area (TPSA) is 146 Å². The summed E-state index contributed by atoms with van der Waals surface area (Å²) in [6.07, 6.45) is -3.78. The van der Waals surface area contributed by atoms with E-state index < -0.39 is 28.1 Å². The molecule has 1 heterocycles. The molecular weight excluding hydrogens is 471 g/mol. The highest BCUT2D eigenvalue weighted by atomic mass is 32.2. The molecule has 0 radical (unpaired) electrons. The summed E-state index contributed by atoms with van der Waals surface area (Å²) in [6.45, 7) is 4.94. The number of ether oxygens (including phenoxy) is 1. The molecule has 1 aromatic carbocycles. The lowest BCUT2D eigenvalue weighted by Gasteiger charge is -2.22. The maximum Gasteiger partial charge on any atom is 0.490 e. The highest BCUT2D eigenvalue weighted by Gasteiger charge is 2.38. The first-order valence-corrected chi connectivity index (χ1v) is 10.7. The van der Waals surface area contributed by atoms with Crippen molar-refractivity contribution in [1.29, 1.82) is 0 Å². The largest absolute Gasteiger partial charge is 0.497 e. The number of carboxylic acids is 2. The molecule has 0 fully saturated rings. The predicted octanol–water partition coefficient (Wildman–Crippen LogP) is 3.07. The monoisotopic (exact) mass is 493 g/mol. The Balaban J connectivity index is 0.000000675. The Morgan fingerprint density at radius 1 is 1.12 bits per heavy atom. The average Bonchev–Trinajstić information content (AvgIpc) is 2.74. The van der Waals surface area contributed by atoms with Gasteiger partial charge in [-0.15, -0.1) is 0 Å². The molecule has 0 unspecified atom stereocenters. The SMILES string of the molecule is CCN(CC)c1ncc(NS(=O)(=O)c2ccc(OC)cc2)cc1C(=O)O.O=C(O)C(F)(F)F. The van der Waals surface area contributed by atoms with E-state index in [1.54, 1.807) is 4.90 Å². The molecule has 0 aliphatic carbocycles. The van der Waals surface area contributed by atoms with Crippen LogP contribution in [0.15, 0.2) is 41.4 Å². The van der Waals surface area contributed by atoms with Gasteiger partial charge in [0, 0.05) is 13.1 Å². The van der Waals surface area contributed by atoms with Gasteiger partial charge in [0.15, 0.2) is 0 Å². The van der Waals surface area contributed by atoms with Crippen molar-refractivity contribution in [3.8, 4) is 5.75 Å². The molecule has 14 heteroatoms. The summed E-state index contributed by atoms with van der Waals surface area (Å²) in [4.78, 5) is 26.4. The van der Waals surface area contributed by atoms with E-state index in [1.807, 2.05) is 13.8 Å². The number of hydrogen-bond acceptors (Lipinski definition) is 7. The van der Waals surface area contributed by atoms with Gasteiger partial charge in [-0.1, -0.05) is 0 Å². The molecular formula is C19H22F3N3O7S. The van der Waals surface area contributed by atoms with Gasteiger partial charge in [-0.25, -0.2) is 23.0 Å². The highest BCUT2D eigenvalue weighted by Crippen LogP contribution is 2.24. The summed E-state index contributed by atoms with van der Waals surface area (Å²) < 4.78 is 64.0. The lowest BCUT2D eigenvalue weighted by atomic mass is 10.2. The van der Waals surface area contributed by atoms with E-state index in [2.05, 4.69) is 9.71 Å². The highest BCUT2D eigenvalue weighted by molar-refractivity contribution is 7.92. The number of alkyl halides is 3. The van der Waals surface area contributed by atoms with E-state index in [0.717, 1.165) is 0 Å². The first kappa shape index (κ1) is 27.5. The van der Waals surface area contributed by atoms with E-state index in [-0.39, 0.29) is 16.1 Å². The number of methoxy groups -OCH3 is 1. The van der Waals surface area contributed by atoms with Crippen LogP contribution in [0.4, 0.5) is 24.7 Å². The van der Waals surface area contributed by atoms with Crippen LogP contribution in [0.1, 0.15) is 24.2 Å². The van der Waals surface area contributed by atoms with Crippen LogP contribution in [-0.4, -0.2) is 61.9 Å². The number of carbonyl (C=O) groups is 2. The van der Waals surface area contributed by atoms with Gasteiger partial charge in [-0.2, -0.15) is 13.2 Å². The minimum absolute atomic E-state index is 0.0306. The van der Waals surface area contributed by atoms with Crippen molar-refractivity contribution in [2.75, 3.05) is 29.8 Å². The van der Waals surface area contributed by atoms with Gasteiger partial charge in [-0.3, -0.25) is 4.72 Å². The number of hydrogen-bond donors (Lipinski definition) is 3. The van der Waals surface area contributed by atoms with Crippen molar-refractivity contribution in [3.05, 3.63) is 42.1 Å². The fourth-order valence-corrected chi connectivity index (χ4v) is 3.45. The Hall–Kier alpha value is -3.55. The van der Waals surface area contributed by atoms with Crippen LogP contribution in [-0.2, 0) is 14.8 Å². The number of aromatic carboxylic acids is 1. The molecule has 0 atom stereocenters. The smallest absolute Gasteiger partial charge is 0.490 e. The van der Waals surface area contributed by atoms with E-state index in [1.165, 1.54) is 43.6 Å². The molecule has 0 aliphatic heterocycles. The summed E-state index contributed by atoms with van der Waals surface area (Å²) in [5, 5.41) is 16.6. The number of carboxylic acid groups (broad SMARTS) is 2. The van der Waals surface area contributed by atoms with Crippen LogP contribution in [0, 0.1) is 0 Å². The average molecular weight is 493 g/mol. The minimum Gasteiger partial charge on any atom is -0.497 e. The fraction of sp³-hybridized carbons (Fsp3) is 0.316. The molecule has 3 N–H and O–H groups in total. The quantitative estimate of drug-likeness (QED) is 0.505. The number of nitrogens with zero attached hydrogens (tertiary/aromatic N) is 2. The molecule has 0 bridgehead atoms. The standard InChI is InChI=1S/C17H21N3O5S.C2HF3O2/c1-4-20(5-2)16-15(17(21)22)10-12(11-18-16)19-26(23,24)14-8-6-13(25-3)7-9-14;3-2(4,5)1(6)7/h6-11,19H,4-5H2,1-3H3,(H,21,22);(H,6,7). The second kappa shape index (κ2) is 11.4. The Labute approximate surface area is 187 Å². The molecule has 2 rings (SSSR count). The van der Waals surface area contributed by atoms with Crippen molar-refractivity contribution in [2.45, 2.75) is 24.9 Å². The van der Waals surface area contributed by atoms with Gasteiger partial charge in [0.1, 0.15) is 17.1 Å². The molecule has 33 heavy (non-hydrogen) atoms. The number of pyridine rings is 1. The van der Waals surface area contributed by atoms with E-state index in [4.69, 9.17) is 14.6 Å². The number of anilines is 2. The third-order valence-corrected chi connectivity index (χ3v) is 5.42. The van der Waals surface area contributed by atoms with Crippen LogP contribution in [0.3, 0.4) is 0 Å². The van der Waals surface area contributed by atoms with Crippen LogP contribution in [0.2, 0.25) is 0 Å². The van der Waals surface area contributed by atoms with Crippen molar-refractivity contribution < 1.29 is 46.1 Å². The van der Waals surface area contributed by atoms with E-state index >= 15 is 0 Å². The first-order valence-electron chi connectivity index (χ1n) is 9.22. The van der Waals surface area contributed by atoms with E-state index in [9.17, 15) is 31.5 Å². The molecule has 0 aliphatic rings. The van der Waals surface area contributed by atoms with Gasteiger partial charge in [-0.05, 0) is 44.2 Å². The van der Waals surface area contributed by atoms with Gasteiger partial charge in [0.25, 0.3) is 10.0 Å². The second-order valence-corrected chi connectivity index (χ2v) is 7.84. The summed E-state index contributed by atoms with van der Waals surface area (Å²) in [7, 11) is -2.39. The van der Waals surface area contributed by atoms with E-state index in [0.29, 0.717) is 24.7 Å². The number of sulfonamides is 1. The number of halogens is 3. The number of aliphatic carboxylic acids is 1. The summed E-state index contributed by atoms with van der Waals surface area (Å²) >= 11 is 0. The second-order valence-electron chi connectivity index (χ2n) is 6.16. The predicted molar refractivity (Wildman–Crippen MR) is 112 cm³/mol. The summed E-state index contributed by atoms with van der Waals surface area (Å²) in [5.41, 5.74) is 0.0118. The van der Waals surface area contributed by atoms with Crippen molar-refractivity contribution in [3.63, 3.8) is 0 Å². The molecule has 0 saturated carbocycles. The van der Waals surface area contributed by atoms with Gasteiger partial charge in [0.05, 0.1) is 23.9 Å². The Kier molecular flexibility index (Phi) is 9.46. The lowest BCUT2D eigenvalue weighted by Crippen LogP contribution is -2.25. The number of nitrogens with one attached hydrogen (secondary N) is 1. The zero-order chi connectivity index (χ0) is 25.4. The van der Waals surface area contributed by atoms with Crippen LogP contribution >= 0.6 is 0 Å². The molecule has 0 saturated heterocycles. The number of benzene rings is 1. The number of rotatable bonds is 8. The van der Waals surface area contributed by atoms with Gasteiger partial charge < -0.3 is 19.8 Å². The molecule has 1 aromatic heterocycles. The van der Waals surface area contributed by atoms with Crippen LogP contribution < -0.4 is 14.4 Å². The minimum atomic E-state index is -5.08. The molecule has 182 valence electrons. The molecule has 2 aromatic rings. The molecule has 0 amide bonds. The summed E-state index contributed by atoms with van der Waals surface area (Å²) in [5.74, 6) is -3.10. The Morgan fingerprint density at radius 2 is 1.64 bits per heavy atom. The number of aromatic nitrogens is 1. The zero-order valence-corrected chi connectivity index (χ0v) is 18.6. The maximum absolute atomic E-state index is 12.5. The normalized spacial score (nSPS) is 11.1. The van der Waals surface area contributed by atoms with Crippen LogP contribution in [0.25, 0.3) is 0 Å². The van der Waals surface area contributed by atoms with Crippen molar-refractivity contribution in [1.82, 2.24) is 4.98 Å². The Bertz CT molecular complexity index is 1070. The van der Waals surface area contributed by atoms with Gasteiger partial charge >= 0.3 is 18.1 Å². The fourth-order valence-electron chi connectivity index (χ4n) is 2.41. The molecule has 0 spiro atoms. The molecule has 10 nitrogen and oxygen atoms in total. The zero-order valence-electron chi connectivity index (χ0n) is 17.8. The van der Waals surface area contributed by atoms with Gasteiger partial charge in [0.2, 0.25) is 0 Å². The lowest BCUT2D eigenvalue weighted by molar-refractivity contribution is -0.192. The van der Waals surface area contributed by atoms with Crippen LogP contribution in [0.5, 0.6) is 5.75 Å². The Morgan fingerprint density at radius 3 is 2.03 bits per heavy atom. The van der Waals surface area contributed by atoms with Crippen molar-refractivity contribution >= 4 is 33.5 Å². The maximum atomic E-state index is 12.5. The third-order valence-electron chi connectivity index (χ3n) is 4.02.